The third-order valence-corrected chi connectivity index (χ3v) is 7.23. The molecule has 0 saturated carbocycles. The molecule has 0 atom stereocenters. The van der Waals surface area contributed by atoms with Crippen LogP contribution in [-0.2, 0) is 6.18 Å². The molecule has 3 N–H and O–H groups in total. The van der Waals surface area contributed by atoms with E-state index >= 15 is 0 Å². The van der Waals surface area contributed by atoms with Gasteiger partial charge in [-0.3, -0.25) is 9.69 Å². The fraction of sp³-hybridized carbons (Fsp3) is 0.258. The summed E-state index contributed by atoms with van der Waals surface area (Å²) in [4.78, 5) is 40.3. The lowest BCUT2D eigenvalue weighted by molar-refractivity contribution is -0.137. The van der Waals surface area contributed by atoms with Crippen LogP contribution < -0.4 is 15.4 Å². The number of hydrogen-bond donors (Lipinski definition) is 3. The number of alkyl halides is 3. The van der Waals surface area contributed by atoms with E-state index in [0.717, 1.165) is 17.7 Å². The summed E-state index contributed by atoms with van der Waals surface area (Å²) >= 11 is 0. The molecule has 2 aromatic carbocycles. The number of anilines is 3. The maximum absolute atomic E-state index is 13.7. The predicted molar refractivity (Wildman–Crippen MR) is 161 cm³/mol. The molecule has 0 aliphatic carbocycles. The van der Waals surface area contributed by atoms with Gasteiger partial charge in [0.15, 0.2) is 0 Å². The molecule has 11 nitrogen and oxygen atoms in total. The van der Waals surface area contributed by atoms with Crippen LogP contribution >= 0.6 is 0 Å². The van der Waals surface area contributed by atoms with E-state index in [1.165, 1.54) is 17.3 Å². The van der Waals surface area contributed by atoms with Gasteiger partial charge in [-0.25, -0.2) is 19.7 Å². The third kappa shape index (κ3) is 8.03. The Balaban J connectivity index is 1.29. The lowest BCUT2D eigenvalue weighted by Gasteiger charge is -2.32. The van der Waals surface area contributed by atoms with Crippen LogP contribution in [0.1, 0.15) is 21.5 Å². The lowest BCUT2D eigenvalue weighted by atomic mass is 10.1. The molecule has 1 saturated heterocycles. The molecule has 2 aromatic heterocycles. The molecule has 14 heteroatoms. The van der Waals surface area contributed by atoms with E-state index in [0.29, 0.717) is 55.5 Å². The number of carboxylic acid groups (broad SMARTS) is 1. The van der Waals surface area contributed by atoms with Crippen molar-refractivity contribution in [2.75, 3.05) is 50.0 Å². The molecule has 4 aromatic rings. The Hall–Kier alpha value is -5.24. The molecule has 3 heterocycles. The number of halogens is 3. The topological polar surface area (TPSA) is 133 Å². The number of piperazine rings is 1. The highest BCUT2D eigenvalue weighted by molar-refractivity contribution is 6.05. The van der Waals surface area contributed by atoms with Gasteiger partial charge in [-0.15, -0.1) is 0 Å². The van der Waals surface area contributed by atoms with Gasteiger partial charge < -0.3 is 25.4 Å². The van der Waals surface area contributed by atoms with Gasteiger partial charge in [-0.05, 0) is 55.0 Å². The van der Waals surface area contributed by atoms with Crippen LogP contribution in [0.4, 0.5) is 35.2 Å². The van der Waals surface area contributed by atoms with Crippen molar-refractivity contribution in [1.29, 1.82) is 0 Å². The van der Waals surface area contributed by atoms with Gasteiger partial charge in [0.1, 0.15) is 24.5 Å². The van der Waals surface area contributed by atoms with Crippen molar-refractivity contribution in [3.63, 3.8) is 0 Å². The molecule has 234 valence electrons. The van der Waals surface area contributed by atoms with Crippen LogP contribution in [0.15, 0.2) is 73.3 Å². The van der Waals surface area contributed by atoms with E-state index in [4.69, 9.17) is 9.84 Å². The molecule has 2 amide bonds. The second kappa shape index (κ2) is 13.6. The normalized spacial score (nSPS) is 13.7. The van der Waals surface area contributed by atoms with Gasteiger partial charge >= 0.3 is 12.3 Å². The number of carbonyl (C=O) groups excluding carboxylic acids is 1. The molecule has 5 rings (SSSR count). The van der Waals surface area contributed by atoms with Crippen molar-refractivity contribution in [3.05, 3.63) is 90.0 Å². The van der Waals surface area contributed by atoms with Gasteiger partial charge in [0.2, 0.25) is 0 Å². The summed E-state index contributed by atoms with van der Waals surface area (Å²) < 4.78 is 46.8. The van der Waals surface area contributed by atoms with E-state index in [-0.39, 0.29) is 23.6 Å². The minimum atomic E-state index is -4.67. The first-order valence-electron chi connectivity index (χ1n) is 14.0. The molecule has 0 bridgehead atoms. The Bertz CT molecular complexity index is 1660. The molecule has 0 unspecified atom stereocenters. The van der Waals surface area contributed by atoms with Crippen molar-refractivity contribution in [2.45, 2.75) is 13.1 Å². The summed E-state index contributed by atoms with van der Waals surface area (Å²) in [6, 6.07) is 13.3. The molecule has 0 spiro atoms. The zero-order valence-electron chi connectivity index (χ0n) is 24.2. The van der Waals surface area contributed by atoms with Crippen molar-refractivity contribution in [2.24, 2.45) is 0 Å². The molecule has 0 radical (unpaired) electrons. The molecule has 1 aliphatic rings. The summed E-state index contributed by atoms with van der Waals surface area (Å²) in [5.74, 6) is -0.167. The summed E-state index contributed by atoms with van der Waals surface area (Å²) in [5, 5.41) is 14.9. The second-order valence-electron chi connectivity index (χ2n) is 10.3. The number of carbonyl (C=O) groups is 2. The maximum atomic E-state index is 13.7. The van der Waals surface area contributed by atoms with Gasteiger partial charge in [0.05, 0.1) is 11.3 Å². The van der Waals surface area contributed by atoms with Crippen LogP contribution in [0.25, 0.3) is 11.3 Å². The minimum Gasteiger partial charge on any atom is -0.492 e. The zero-order valence-corrected chi connectivity index (χ0v) is 24.2. The van der Waals surface area contributed by atoms with Crippen molar-refractivity contribution in [1.82, 2.24) is 24.8 Å². The first-order chi connectivity index (χ1) is 21.6. The quantitative estimate of drug-likeness (QED) is 0.221. The highest BCUT2D eigenvalue weighted by atomic mass is 19.4. The number of rotatable bonds is 9. The average molecular weight is 622 g/mol. The van der Waals surface area contributed by atoms with Crippen molar-refractivity contribution in [3.8, 4) is 17.0 Å². The SMILES string of the molecule is Cc1ccc(C(=O)Nc2cc(OCCN3CCN(C(=O)O)CC3)cc(C(F)(F)F)c2)cc1Nc1ncccc1-c1ccncn1. The summed E-state index contributed by atoms with van der Waals surface area (Å²) in [6.07, 6.45) is -0.992. The highest BCUT2D eigenvalue weighted by Gasteiger charge is 2.32. The van der Waals surface area contributed by atoms with E-state index in [9.17, 15) is 22.8 Å². The average Bonchev–Trinajstić information content (AvgIpc) is 3.02. The Labute approximate surface area is 256 Å². The van der Waals surface area contributed by atoms with Crippen LogP contribution in [-0.4, -0.2) is 81.2 Å². The number of hydrogen-bond acceptors (Lipinski definition) is 8. The Morgan fingerprint density at radius 2 is 1.80 bits per heavy atom. The standard InChI is InChI=1S/C31H30F3N7O4/c1-20-4-5-21(15-27(20)39-28-25(3-2-7-36-28)26-6-8-35-19-37-26)29(42)38-23-16-22(31(32,33)34)17-24(18-23)45-14-13-40-9-11-41(12-10-40)30(43)44/h2-8,15-19H,9-14H2,1H3,(H,36,39)(H,38,42)(H,43,44). The van der Waals surface area contributed by atoms with E-state index in [2.05, 4.69) is 25.6 Å². The second-order valence-corrected chi connectivity index (χ2v) is 10.3. The molecular formula is C31H30F3N7O4. The molecule has 1 aliphatic heterocycles. The number of nitrogens with zero attached hydrogens (tertiary/aromatic N) is 5. The fourth-order valence-electron chi connectivity index (χ4n) is 4.76. The number of aromatic nitrogens is 3. The maximum Gasteiger partial charge on any atom is 0.416 e. The Morgan fingerprint density at radius 3 is 2.51 bits per heavy atom. The number of nitrogens with one attached hydrogen (secondary N) is 2. The van der Waals surface area contributed by atoms with Crippen LogP contribution in [0.2, 0.25) is 0 Å². The van der Waals surface area contributed by atoms with Crippen LogP contribution in [0, 0.1) is 6.92 Å². The molecular weight excluding hydrogens is 591 g/mol. The Morgan fingerprint density at radius 1 is 1.00 bits per heavy atom. The van der Waals surface area contributed by atoms with Gasteiger partial charge in [0, 0.05) is 73.7 Å². The van der Waals surface area contributed by atoms with Gasteiger partial charge in [-0.1, -0.05) is 6.07 Å². The van der Waals surface area contributed by atoms with E-state index < -0.39 is 23.7 Å². The number of aryl methyl sites for hydroxylation is 1. The smallest absolute Gasteiger partial charge is 0.416 e. The molecule has 45 heavy (non-hydrogen) atoms. The zero-order chi connectivity index (χ0) is 32.0. The minimum absolute atomic E-state index is 0.0528. The van der Waals surface area contributed by atoms with Crippen LogP contribution in [0.5, 0.6) is 5.75 Å². The Kier molecular flexibility index (Phi) is 9.42. The number of pyridine rings is 1. The van der Waals surface area contributed by atoms with Crippen LogP contribution in [0.3, 0.4) is 0 Å². The highest BCUT2D eigenvalue weighted by Crippen LogP contribution is 2.35. The third-order valence-electron chi connectivity index (χ3n) is 7.23. The van der Waals surface area contributed by atoms with E-state index in [1.807, 2.05) is 17.9 Å². The fourth-order valence-corrected chi connectivity index (χ4v) is 4.76. The van der Waals surface area contributed by atoms with Gasteiger partial charge in [-0.2, -0.15) is 13.2 Å². The van der Waals surface area contributed by atoms with Crippen molar-refractivity contribution < 1.29 is 32.6 Å². The first-order valence-corrected chi connectivity index (χ1v) is 14.0. The number of benzene rings is 2. The van der Waals surface area contributed by atoms with E-state index in [1.54, 1.807) is 42.7 Å². The summed E-state index contributed by atoms with van der Waals surface area (Å²) in [5.41, 5.74) is 1.92. The predicted octanol–water partition coefficient (Wildman–Crippen LogP) is 5.54. The van der Waals surface area contributed by atoms with Crippen molar-refractivity contribution >= 4 is 29.2 Å². The largest absolute Gasteiger partial charge is 0.492 e. The number of ether oxygens (including phenoxy) is 1. The lowest BCUT2D eigenvalue weighted by Crippen LogP contribution is -2.49. The molecule has 1 fully saturated rings. The summed E-state index contributed by atoms with van der Waals surface area (Å²) in [6.45, 7) is 4.01. The summed E-state index contributed by atoms with van der Waals surface area (Å²) in [7, 11) is 0. The first kappa shape index (κ1) is 31.2. The number of amides is 2. The van der Waals surface area contributed by atoms with Gasteiger partial charge in [0.25, 0.3) is 5.91 Å². The monoisotopic (exact) mass is 621 g/mol.